The van der Waals surface area contributed by atoms with Crippen molar-refractivity contribution in [1.29, 1.82) is 0 Å². The summed E-state index contributed by atoms with van der Waals surface area (Å²) in [4.78, 5) is 14.5. The maximum atomic E-state index is 11.9. The highest BCUT2D eigenvalue weighted by atomic mass is 32.1. The number of carbonyl (C=O) groups excluding carboxylic acids is 1. The van der Waals surface area contributed by atoms with E-state index in [9.17, 15) is 9.90 Å². The second-order valence-electron chi connectivity index (χ2n) is 5.04. The van der Waals surface area contributed by atoms with Crippen LogP contribution in [-0.2, 0) is 0 Å². The predicted octanol–water partition coefficient (Wildman–Crippen LogP) is 1.21. The number of amides is 1. The molecule has 1 aromatic heterocycles. The van der Waals surface area contributed by atoms with E-state index in [0.29, 0.717) is 23.7 Å². The Morgan fingerprint density at radius 3 is 3.11 bits per heavy atom. The fraction of sp³-hybridized carbons (Fsp3) is 0.462. The molecule has 1 amide bonds. The lowest BCUT2D eigenvalue weighted by Gasteiger charge is -2.18. The summed E-state index contributed by atoms with van der Waals surface area (Å²) in [5.41, 5.74) is 5.70. The average Bonchev–Trinajstić information content (AvgIpc) is 2.89. The van der Waals surface area contributed by atoms with Gasteiger partial charge in [-0.3, -0.25) is 4.79 Å². The molecule has 0 bridgehead atoms. The molecule has 0 spiro atoms. The first kappa shape index (κ1) is 13.9. The number of β-amino-alcohol motifs (C(OH)–C–C–N with tert-alkyl or cyclic N) is 1. The molecule has 1 saturated heterocycles. The van der Waals surface area contributed by atoms with Crippen LogP contribution in [0.4, 0.5) is 10.7 Å². The zero-order chi connectivity index (χ0) is 14.0. The molecule has 1 atom stereocenters. The van der Waals surface area contributed by atoms with Crippen molar-refractivity contribution in [3.05, 3.63) is 23.6 Å². The Morgan fingerprint density at radius 2 is 2.53 bits per heavy atom. The molecule has 19 heavy (non-hydrogen) atoms. The van der Waals surface area contributed by atoms with E-state index in [1.165, 1.54) is 11.3 Å². The molecular weight excluding hydrogens is 262 g/mol. The Hall–Kier alpha value is -1.53. The van der Waals surface area contributed by atoms with Gasteiger partial charge in [0.2, 0.25) is 0 Å². The number of nitrogens with zero attached hydrogens (tertiary/aromatic N) is 1. The van der Waals surface area contributed by atoms with Crippen molar-refractivity contribution in [3.63, 3.8) is 0 Å². The molecule has 1 aromatic rings. The van der Waals surface area contributed by atoms with Gasteiger partial charge in [0.1, 0.15) is 4.88 Å². The van der Waals surface area contributed by atoms with Crippen molar-refractivity contribution in [2.75, 3.05) is 30.3 Å². The summed E-state index contributed by atoms with van der Waals surface area (Å²) >= 11 is 1.36. The molecule has 1 aliphatic heterocycles. The van der Waals surface area contributed by atoms with Gasteiger partial charge >= 0.3 is 0 Å². The van der Waals surface area contributed by atoms with Crippen LogP contribution in [0.3, 0.4) is 0 Å². The molecule has 0 radical (unpaired) electrons. The van der Waals surface area contributed by atoms with Gasteiger partial charge in [0.15, 0.2) is 0 Å². The largest absolute Gasteiger partial charge is 0.397 e. The summed E-state index contributed by atoms with van der Waals surface area (Å²) in [5.74, 6) is -0.181. The zero-order valence-corrected chi connectivity index (χ0v) is 11.8. The molecule has 0 saturated carbocycles. The molecular formula is C13H19N3O2S. The van der Waals surface area contributed by atoms with Crippen LogP contribution in [-0.4, -0.2) is 36.2 Å². The third-order valence-electron chi connectivity index (χ3n) is 3.12. The van der Waals surface area contributed by atoms with Gasteiger partial charge in [0.25, 0.3) is 5.91 Å². The van der Waals surface area contributed by atoms with E-state index in [1.807, 2.05) is 6.92 Å². The Labute approximate surface area is 116 Å². The van der Waals surface area contributed by atoms with E-state index in [4.69, 9.17) is 5.73 Å². The maximum Gasteiger partial charge on any atom is 0.263 e. The van der Waals surface area contributed by atoms with Gasteiger partial charge in [-0.05, 0) is 19.4 Å². The zero-order valence-electron chi connectivity index (χ0n) is 11.0. The fourth-order valence-electron chi connectivity index (χ4n) is 2.10. The molecule has 1 aliphatic rings. The first-order valence-corrected chi connectivity index (χ1v) is 7.00. The standard InChI is InChI=1S/C13H19N3O2S/c1-3-5-15-12(17)11-9(14)7-10(19-11)16-6-4-13(2,18)8-16/h3,7,18H,1,4-6,8,14H2,2H3,(H,15,17). The lowest BCUT2D eigenvalue weighted by Crippen LogP contribution is -2.29. The normalized spacial score (nSPS) is 22.5. The van der Waals surface area contributed by atoms with Crippen molar-refractivity contribution in [2.45, 2.75) is 18.9 Å². The average molecular weight is 281 g/mol. The van der Waals surface area contributed by atoms with Gasteiger partial charge in [-0.1, -0.05) is 6.08 Å². The van der Waals surface area contributed by atoms with Gasteiger partial charge in [-0.15, -0.1) is 17.9 Å². The third kappa shape index (κ3) is 3.08. The van der Waals surface area contributed by atoms with Gasteiger partial charge in [0.05, 0.1) is 16.3 Å². The lowest BCUT2D eigenvalue weighted by atomic mass is 10.1. The molecule has 1 unspecified atom stereocenters. The van der Waals surface area contributed by atoms with Gasteiger partial charge < -0.3 is 21.1 Å². The number of nitrogens with one attached hydrogen (secondary N) is 1. The highest BCUT2D eigenvalue weighted by molar-refractivity contribution is 7.18. The number of rotatable bonds is 4. The Kier molecular flexibility index (Phi) is 3.82. The Balaban J connectivity index is 2.13. The van der Waals surface area contributed by atoms with Gasteiger partial charge in [-0.2, -0.15) is 0 Å². The summed E-state index contributed by atoms with van der Waals surface area (Å²) < 4.78 is 0. The van der Waals surface area contributed by atoms with E-state index in [-0.39, 0.29) is 5.91 Å². The van der Waals surface area contributed by atoms with Crippen molar-refractivity contribution in [2.24, 2.45) is 0 Å². The maximum absolute atomic E-state index is 11.9. The first-order chi connectivity index (χ1) is 8.93. The monoisotopic (exact) mass is 281 g/mol. The minimum absolute atomic E-state index is 0.181. The van der Waals surface area contributed by atoms with Crippen molar-refractivity contribution in [1.82, 2.24) is 5.32 Å². The molecule has 1 fully saturated rings. The minimum atomic E-state index is -0.663. The second kappa shape index (κ2) is 5.22. The van der Waals surface area contributed by atoms with Crippen LogP contribution in [0.5, 0.6) is 0 Å². The molecule has 2 rings (SSSR count). The van der Waals surface area contributed by atoms with E-state index in [0.717, 1.165) is 18.0 Å². The van der Waals surface area contributed by atoms with E-state index >= 15 is 0 Å². The van der Waals surface area contributed by atoms with Crippen LogP contribution >= 0.6 is 11.3 Å². The molecule has 0 aromatic carbocycles. The highest BCUT2D eigenvalue weighted by Crippen LogP contribution is 2.35. The van der Waals surface area contributed by atoms with Crippen LogP contribution in [0, 0.1) is 0 Å². The minimum Gasteiger partial charge on any atom is -0.397 e. The van der Waals surface area contributed by atoms with Crippen LogP contribution in [0.15, 0.2) is 18.7 Å². The van der Waals surface area contributed by atoms with Crippen molar-refractivity contribution in [3.8, 4) is 0 Å². The van der Waals surface area contributed by atoms with E-state index < -0.39 is 5.60 Å². The van der Waals surface area contributed by atoms with Crippen molar-refractivity contribution < 1.29 is 9.90 Å². The summed E-state index contributed by atoms with van der Waals surface area (Å²) in [6.45, 7) is 7.14. The lowest BCUT2D eigenvalue weighted by molar-refractivity contribution is 0.0839. The number of anilines is 2. The molecule has 104 valence electrons. The quantitative estimate of drug-likeness (QED) is 0.725. The molecule has 6 heteroatoms. The molecule has 4 N–H and O–H groups in total. The van der Waals surface area contributed by atoms with E-state index in [1.54, 1.807) is 12.1 Å². The molecule has 2 heterocycles. The van der Waals surface area contributed by atoms with Gasteiger partial charge in [0, 0.05) is 19.6 Å². The summed E-state index contributed by atoms with van der Waals surface area (Å²) in [6, 6.07) is 1.80. The number of nitrogen functional groups attached to an aromatic ring is 1. The first-order valence-electron chi connectivity index (χ1n) is 6.19. The number of thiophene rings is 1. The highest BCUT2D eigenvalue weighted by Gasteiger charge is 2.32. The van der Waals surface area contributed by atoms with Crippen LogP contribution < -0.4 is 16.0 Å². The fourth-order valence-corrected chi connectivity index (χ4v) is 3.12. The number of aliphatic hydroxyl groups is 1. The second-order valence-corrected chi connectivity index (χ2v) is 6.07. The number of nitrogens with two attached hydrogens (primary N) is 1. The number of hydrogen-bond acceptors (Lipinski definition) is 5. The summed E-state index contributed by atoms with van der Waals surface area (Å²) in [5, 5.41) is 13.6. The molecule has 5 nitrogen and oxygen atoms in total. The summed E-state index contributed by atoms with van der Waals surface area (Å²) in [6.07, 6.45) is 2.35. The van der Waals surface area contributed by atoms with Crippen molar-refractivity contribution >= 4 is 27.9 Å². The smallest absolute Gasteiger partial charge is 0.263 e. The number of carbonyl (C=O) groups is 1. The van der Waals surface area contributed by atoms with Crippen LogP contribution in [0.2, 0.25) is 0 Å². The third-order valence-corrected chi connectivity index (χ3v) is 4.33. The Morgan fingerprint density at radius 1 is 1.79 bits per heavy atom. The SMILES string of the molecule is C=CCNC(=O)c1sc(N2CCC(C)(O)C2)cc1N. The number of hydrogen-bond donors (Lipinski definition) is 3. The molecule has 0 aliphatic carbocycles. The van der Waals surface area contributed by atoms with Crippen LogP contribution in [0.25, 0.3) is 0 Å². The van der Waals surface area contributed by atoms with E-state index in [2.05, 4.69) is 16.8 Å². The topological polar surface area (TPSA) is 78.6 Å². The van der Waals surface area contributed by atoms with Gasteiger partial charge in [-0.25, -0.2) is 0 Å². The predicted molar refractivity (Wildman–Crippen MR) is 78.7 cm³/mol. The Bertz CT molecular complexity index is 496. The van der Waals surface area contributed by atoms with Crippen LogP contribution in [0.1, 0.15) is 23.0 Å². The summed E-state index contributed by atoms with van der Waals surface area (Å²) in [7, 11) is 0.